The molecule has 5 nitrogen and oxygen atoms in total. The van der Waals surface area contributed by atoms with Crippen LogP contribution in [0.3, 0.4) is 0 Å². The molecule has 1 aromatic rings. The zero-order valence-electron chi connectivity index (χ0n) is 9.06. The average molecular weight is 220 g/mol. The first-order valence-electron chi connectivity index (χ1n) is 4.68. The lowest BCUT2D eigenvalue weighted by Crippen LogP contribution is -2.13. The summed E-state index contributed by atoms with van der Waals surface area (Å²) in [6.07, 6.45) is -0.730. The predicted octanol–water partition coefficient (Wildman–Crippen LogP) is 2.20. The highest BCUT2D eigenvalue weighted by atomic mass is 16.7. The van der Waals surface area contributed by atoms with Crippen LogP contribution < -0.4 is 5.32 Å². The molecule has 0 unspecified atom stereocenters. The number of rotatable bonds is 3. The van der Waals surface area contributed by atoms with Crippen molar-refractivity contribution in [2.75, 3.05) is 5.32 Å². The summed E-state index contributed by atoms with van der Waals surface area (Å²) in [5.41, 5.74) is 0.742. The van der Waals surface area contributed by atoms with E-state index in [1.165, 1.54) is 13.8 Å². The number of hydrogen-bond donors (Lipinski definition) is 1. The molecule has 0 spiro atoms. The van der Waals surface area contributed by atoms with Gasteiger partial charge in [0.1, 0.15) is 5.71 Å². The maximum Gasteiger partial charge on any atom is 0.437 e. The minimum atomic E-state index is -0.730. The second kappa shape index (κ2) is 5.65. The van der Waals surface area contributed by atoms with E-state index < -0.39 is 6.09 Å². The summed E-state index contributed by atoms with van der Waals surface area (Å²) >= 11 is 0. The zero-order chi connectivity index (χ0) is 12.0. The number of nitrogens with one attached hydrogen (secondary N) is 1. The molecular weight excluding hydrogens is 208 g/mol. The first-order chi connectivity index (χ1) is 7.59. The van der Waals surface area contributed by atoms with E-state index in [9.17, 15) is 9.59 Å². The van der Waals surface area contributed by atoms with Gasteiger partial charge < -0.3 is 0 Å². The SMILES string of the molecule is CC(=O)C(C)=NOC(=O)Nc1ccccc1. The predicted molar refractivity (Wildman–Crippen MR) is 60.3 cm³/mol. The molecule has 0 aliphatic rings. The molecule has 0 saturated carbocycles. The van der Waals surface area contributed by atoms with Gasteiger partial charge in [0.05, 0.1) is 0 Å². The van der Waals surface area contributed by atoms with Crippen LogP contribution in [0.1, 0.15) is 13.8 Å². The largest absolute Gasteiger partial charge is 0.437 e. The lowest BCUT2D eigenvalue weighted by molar-refractivity contribution is -0.111. The average Bonchev–Trinajstić information content (AvgIpc) is 2.27. The molecule has 0 saturated heterocycles. The first kappa shape index (κ1) is 11.9. The van der Waals surface area contributed by atoms with Crippen molar-refractivity contribution in [1.82, 2.24) is 0 Å². The van der Waals surface area contributed by atoms with E-state index in [0.717, 1.165) is 0 Å². The monoisotopic (exact) mass is 220 g/mol. The smallest absolute Gasteiger partial charge is 0.297 e. The van der Waals surface area contributed by atoms with E-state index in [0.29, 0.717) is 5.69 Å². The molecule has 0 radical (unpaired) electrons. The molecule has 1 aromatic carbocycles. The molecule has 1 rings (SSSR count). The van der Waals surface area contributed by atoms with Gasteiger partial charge in [0.25, 0.3) is 0 Å². The Morgan fingerprint density at radius 2 is 1.81 bits per heavy atom. The van der Waals surface area contributed by atoms with Crippen LogP contribution in [0.2, 0.25) is 0 Å². The Morgan fingerprint density at radius 3 is 2.38 bits per heavy atom. The quantitative estimate of drug-likeness (QED) is 0.482. The highest BCUT2D eigenvalue weighted by Gasteiger charge is 2.04. The van der Waals surface area contributed by atoms with E-state index in [4.69, 9.17) is 0 Å². The first-order valence-corrected chi connectivity index (χ1v) is 4.68. The van der Waals surface area contributed by atoms with Crippen molar-refractivity contribution in [1.29, 1.82) is 0 Å². The molecule has 0 aliphatic carbocycles. The van der Waals surface area contributed by atoms with Crippen LogP contribution in [0.4, 0.5) is 10.5 Å². The molecule has 0 aromatic heterocycles. The molecule has 0 bridgehead atoms. The minimum absolute atomic E-state index is 0.142. The van der Waals surface area contributed by atoms with Crippen molar-refractivity contribution in [3.05, 3.63) is 30.3 Å². The van der Waals surface area contributed by atoms with E-state index >= 15 is 0 Å². The number of hydrogen-bond acceptors (Lipinski definition) is 4. The number of ketones is 1. The van der Waals surface area contributed by atoms with Crippen molar-refractivity contribution in [2.24, 2.45) is 5.16 Å². The molecule has 1 amide bonds. The number of Topliss-reactive ketones (excluding diaryl/α,β-unsaturated/α-hetero) is 1. The fourth-order valence-electron chi connectivity index (χ4n) is 0.836. The van der Waals surface area contributed by atoms with Gasteiger partial charge in [-0.05, 0) is 19.1 Å². The lowest BCUT2D eigenvalue weighted by atomic mass is 10.3. The number of anilines is 1. The number of amides is 1. The number of nitrogens with zero attached hydrogens (tertiary/aromatic N) is 1. The molecule has 0 heterocycles. The number of carbonyl (C=O) groups excluding carboxylic acids is 2. The van der Waals surface area contributed by atoms with Gasteiger partial charge in [0, 0.05) is 12.6 Å². The van der Waals surface area contributed by atoms with E-state index in [-0.39, 0.29) is 11.5 Å². The fourth-order valence-corrected chi connectivity index (χ4v) is 0.836. The van der Waals surface area contributed by atoms with Gasteiger partial charge in [-0.3, -0.25) is 14.9 Å². The second-order valence-corrected chi connectivity index (χ2v) is 3.10. The summed E-state index contributed by atoms with van der Waals surface area (Å²) in [6, 6.07) is 8.81. The van der Waals surface area contributed by atoms with Crippen molar-refractivity contribution >= 4 is 23.3 Å². The molecule has 84 valence electrons. The van der Waals surface area contributed by atoms with Gasteiger partial charge in [0.2, 0.25) is 0 Å². The molecule has 0 atom stereocenters. The highest BCUT2D eigenvalue weighted by Crippen LogP contribution is 2.05. The normalized spacial score (nSPS) is 10.8. The third-order valence-corrected chi connectivity index (χ3v) is 1.80. The van der Waals surface area contributed by atoms with Crippen LogP contribution in [0, 0.1) is 0 Å². The lowest BCUT2D eigenvalue weighted by Gasteiger charge is -2.01. The van der Waals surface area contributed by atoms with E-state index in [2.05, 4.69) is 15.3 Å². The van der Waals surface area contributed by atoms with Crippen LogP contribution in [0.15, 0.2) is 35.5 Å². The minimum Gasteiger partial charge on any atom is -0.297 e. The molecular formula is C11H12N2O3. The Kier molecular flexibility index (Phi) is 4.20. The summed E-state index contributed by atoms with van der Waals surface area (Å²) in [7, 11) is 0. The molecule has 16 heavy (non-hydrogen) atoms. The van der Waals surface area contributed by atoms with E-state index in [1.54, 1.807) is 24.3 Å². The summed E-state index contributed by atoms with van der Waals surface area (Å²) in [5, 5.41) is 5.83. The maximum atomic E-state index is 11.2. The second-order valence-electron chi connectivity index (χ2n) is 3.10. The van der Waals surface area contributed by atoms with Gasteiger partial charge in [0.15, 0.2) is 5.78 Å². The van der Waals surface area contributed by atoms with Crippen molar-refractivity contribution in [3.63, 3.8) is 0 Å². The number of carbonyl (C=O) groups is 2. The topological polar surface area (TPSA) is 67.8 Å². The summed E-state index contributed by atoms with van der Waals surface area (Å²) in [4.78, 5) is 26.4. The van der Waals surface area contributed by atoms with Crippen LogP contribution in [0.25, 0.3) is 0 Å². The maximum absolute atomic E-state index is 11.2. The Bertz CT molecular complexity index is 412. The molecule has 0 fully saturated rings. The Labute approximate surface area is 93.1 Å². The van der Waals surface area contributed by atoms with Crippen molar-refractivity contribution < 1.29 is 14.4 Å². The van der Waals surface area contributed by atoms with Crippen LogP contribution in [-0.2, 0) is 9.63 Å². The Balaban J connectivity index is 2.49. The number of benzene rings is 1. The zero-order valence-corrected chi connectivity index (χ0v) is 9.06. The third kappa shape index (κ3) is 3.91. The van der Waals surface area contributed by atoms with Crippen molar-refractivity contribution in [2.45, 2.75) is 13.8 Å². The summed E-state index contributed by atoms with van der Waals surface area (Å²) in [6.45, 7) is 2.81. The number of oxime groups is 1. The standard InChI is InChI=1S/C11H12N2O3/c1-8(9(2)14)13-16-11(15)12-10-6-4-3-5-7-10/h3-7H,1-2H3,(H,12,15). The summed E-state index contributed by atoms with van der Waals surface area (Å²) < 4.78 is 0. The van der Waals surface area contributed by atoms with Gasteiger partial charge >= 0.3 is 6.09 Å². The molecule has 0 aliphatic heterocycles. The van der Waals surface area contributed by atoms with Crippen molar-refractivity contribution in [3.8, 4) is 0 Å². The Morgan fingerprint density at radius 1 is 1.19 bits per heavy atom. The van der Waals surface area contributed by atoms with Gasteiger partial charge in [-0.15, -0.1) is 0 Å². The molecule has 5 heteroatoms. The van der Waals surface area contributed by atoms with Gasteiger partial charge in [-0.1, -0.05) is 23.4 Å². The Hall–Kier alpha value is -2.17. The summed E-state index contributed by atoms with van der Waals surface area (Å²) in [5.74, 6) is -0.243. The number of para-hydroxylation sites is 1. The van der Waals surface area contributed by atoms with Gasteiger partial charge in [-0.2, -0.15) is 0 Å². The van der Waals surface area contributed by atoms with E-state index in [1.807, 2.05) is 6.07 Å². The third-order valence-electron chi connectivity index (χ3n) is 1.80. The van der Waals surface area contributed by atoms with Gasteiger partial charge in [-0.25, -0.2) is 4.79 Å². The van der Waals surface area contributed by atoms with Crippen LogP contribution >= 0.6 is 0 Å². The van der Waals surface area contributed by atoms with Crippen LogP contribution in [0.5, 0.6) is 0 Å². The van der Waals surface area contributed by atoms with Crippen LogP contribution in [-0.4, -0.2) is 17.6 Å². The molecule has 1 N–H and O–H groups in total. The highest BCUT2D eigenvalue weighted by molar-refractivity contribution is 6.37. The fraction of sp³-hybridized carbons (Fsp3) is 0.182.